The summed E-state index contributed by atoms with van der Waals surface area (Å²) in [6.45, 7) is 4.27. The second-order valence-electron chi connectivity index (χ2n) is 7.45. The van der Waals surface area contributed by atoms with E-state index in [1.54, 1.807) is 47.0 Å². The van der Waals surface area contributed by atoms with Gasteiger partial charge >= 0.3 is 5.69 Å². The van der Waals surface area contributed by atoms with E-state index in [1.807, 2.05) is 37.3 Å². The van der Waals surface area contributed by atoms with Crippen molar-refractivity contribution in [3.8, 4) is 0 Å². The number of aromatic nitrogens is 4. The number of anilines is 1. The molecule has 4 aromatic rings. The number of hydrogen-bond acceptors (Lipinski definition) is 3. The summed E-state index contributed by atoms with van der Waals surface area (Å²) in [5.74, 6) is -0.340. The summed E-state index contributed by atoms with van der Waals surface area (Å²) in [5, 5.41) is 7.61. The second kappa shape index (κ2) is 7.50. The molecule has 4 rings (SSSR count). The van der Waals surface area contributed by atoms with Crippen LogP contribution < -0.4 is 11.0 Å². The minimum Gasteiger partial charge on any atom is -0.322 e. The molecule has 0 saturated carbocycles. The Morgan fingerprint density at radius 1 is 1.03 bits per heavy atom. The molecule has 7 nitrogen and oxygen atoms in total. The Balaban J connectivity index is 1.61. The van der Waals surface area contributed by atoms with Crippen LogP contribution in [0.1, 0.15) is 27.2 Å². The van der Waals surface area contributed by atoms with E-state index in [0.717, 1.165) is 16.6 Å². The molecule has 1 amide bonds. The first-order valence-corrected chi connectivity index (χ1v) is 9.89. The number of hydrogen-bond donors (Lipinski definition) is 1. The van der Waals surface area contributed by atoms with Gasteiger partial charge in [0.15, 0.2) is 0 Å². The first-order valence-electron chi connectivity index (χ1n) is 9.51. The van der Waals surface area contributed by atoms with Gasteiger partial charge in [0.05, 0.1) is 28.8 Å². The molecule has 0 atom stereocenters. The molecule has 1 N–H and O–H groups in total. The highest BCUT2D eigenvalue weighted by Crippen LogP contribution is 2.24. The lowest BCUT2D eigenvalue weighted by Crippen LogP contribution is -2.19. The zero-order valence-corrected chi connectivity index (χ0v) is 18.0. The lowest BCUT2D eigenvalue weighted by Gasteiger charge is -2.07. The summed E-state index contributed by atoms with van der Waals surface area (Å²) in [6, 6.07) is 13.4. The monoisotopic (exact) mass is 423 g/mol. The quantitative estimate of drug-likeness (QED) is 0.544. The first-order chi connectivity index (χ1) is 14.3. The normalized spacial score (nSPS) is 11.2. The Labute approximate surface area is 178 Å². The maximum Gasteiger partial charge on any atom is 0.328 e. The van der Waals surface area contributed by atoms with Gasteiger partial charge in [-0.2, -0.15) is 5.10 Å². The minimum absolute atomic E-state index is 0.121. The number of aryl methyl sites for hydroxylation is 4. The van der Waals surface area contributed by atoms with Gasteiger partial charge in [0.25, 0.3) is 5.91 Å². The number of fused-ring (bicyclic) bond motifs is 1. The summed E-state index contributed by atoms with van der Waals surface area (Å²) in [7, 11) is 3.42. The number of imidazole rings is 1. The molecule has 0 spiro atoms. The maximum atomic E-state index is 12.9. The van der Waals surface area contributed by atoms with E-state index in [9.17, 15) is 9.59 Å². The molecule has 0 bridgehead atoms. The topological polar surface area (TPSA) is 73.8 Å². The lowest BCUT2D eigenvalue weighted by atomic mass is 10.1. The molecular formula is C22H22ClN5O2. The zero-order valence-electron chi connectivity index (χ0n) is 17.2. The van der Waals surface area contributed by atoms with Crippen LogP contribution in [0.2, 0.25) is 5.15 Å². The van der Waals surface area contributed by atoms with Gasteiger partial charge in [-0.25, -0.2) is 9.48 Å². The van der Waals surface area contributed by atoms with Crippen LogP contribution in [0, 0.1) is 13.8 Å². The smallest absolute Gasteiger partial charge is 0.322 e. The number of rotatable bonds is 4. The van der Waals surface area contributed by atoms with E-state index in [4.69, 9.17) is 11.6 Å². The Hall–Kier alpha value is -3.32. The lowest BCUT2D eigenvalue weighted by molar-refractivity contribution is 0.102. The van der Waals surface area contributed by atoms with Crippen LogP contribution in [0.5, 0.6) is 0 Å². The molecule has 2 aromatic heterocycles. The largest absolute Gasteiger partial charge is 0.328 e. The molecule has 0 aliphatic rings. The van der Waals surface area contributed by atoms with Crippen LogP contribution in [0.25, 0.3) is 11.0 Å². The SMILES string of the molecule is Cc1ccc(Cn2nc(C)c(C(=O)Nc3ccc4c(c3)n(C)c(=O)n4C)c2Cl)cc1. The molecule has 0 aliphatic heterocycles. The Bertz CT molecular complexity index is 1330. The third kappa shape index (κ3) is 3.41. The molecular weight excluding hydrogens is 402 g/mol. The highest BCUT2D eigenvalue weighted by Gasteiger charge is 2.21. The van der Waals surface area contributed by atoms with E-state index in [0.29, 0.717) is 28.6 Å². The fourth-order valence-corrected chi connectivity index (χ4v) is 3.88. The zero-order chi connectivity index (χ0) is 21.6. The second-order valence-corrected chi connectivity index (χ2v) is 7.81. The summed E-state index contributed by atoms with van der Waals surface area (Å²) >= 11 is 6.51. The number of carbonyl (C=O) groups is 1. The third-order valence-corrected chi connectivity index (χ3v) is 5.66. The summed E-state index contributed by atoms with van der Waals surface area (Å²) in [6.07, 6.45) is 0. The average molecular weight is 424 g/mol. The number of carbonyl (C=O) groups excluding carboxylic acids is 1. The highest BCUT2D eigenvalue weighted by atomic mass is 35.5. The van der Waals surface area contributed by atoms with Crippen molar-refractivity contribution in [1.29, 1.82) is 0 Å². The molecule has 154 valence electrons. The van der Waals surface area contributed by atoms with Crippen LogP contribution in [-0.2, 0) is 20.6 Å². The molecule has 0 unspecified atom stereocenters. The molecule has 2 aromatic carbocycles. The number of amides is 1. The fourth-order valence-electron chi connectivity index (χ4n) is 3.56. The van der Waals surface area contributed by atoms with Crippen molar-refractivity contribution < 1.29 is 4.79 Å². The van der Waals surface area contributed by atoms with E-state index in [1.165, 1.54) is 5.56 Å². The molecule has 0 radical (unpaired) electrons. The van der Waals surface area contributed by atoms with Gasteiger partial charge in [0.1, 0.15) is 5.15 Å². The summed E-state index contributed by atoms with van der Waals surface area (Å²) < 4.78 is 4.74. The van der Waals surface area contributed by atoms with Crippen LogP contribution in [0.15, 0.2) is 47.3 Å². The predicted octanol–water partition coefficient (Wildman–Crippen LogP) is 3.64. The first kappa shape index (κ1) is 20.0. The Morgan fingerprint density at radius 2 is 1.70 bits per heavy atom. The van der Waals surface area contributed by atoms with Crippen molar-refractivity contribution in [3.63, 3.8) is 0 Å². The van der Waals surface area contributed by atoms with Crippen LogP contribution in [0.4, 0.5) is 5.69 Å². The van der Waals surface area contributed by atoms with E-state index >= 15 is 0 Å². The minimum atomic E-state index is -0.340. The number of benzene rings is 2. The van der Waals surface area contributed by atoms with Gasteiger partial charge < -0.3 is 5.32 Å². The van der Waals surface area contributed by atoms with Crippen molar-refractivity contribution in [2.45, 2.75) is 20.4 Å². The Kier molecular flexibility index (Phi) is 4.99. The van der Waals surface area contributed by atoms with E-state index in [2.05, 4.69) is 10.4 Å². The predicted molar refractivity (Wildman–Crippen MR) is 118 cm³/mol. The van der Waals surface area contributed by atoms with Crippen LogP contribution in [-0.4, -0.2) is 24.8 Å². The van der Waals surface area contributed by atoms with E-state index < -0.39 is 0 Å². The highest BCUT2D eigenvalue weighted by molar-refractivity contribution is 6.33. The summed E-state index contributed by atoms with van der Waals surface area (Å²) in [5.41, 5.74) is 5.10. The van der Waals surface area contributed by atoms with Crippen molar-refractivity contribution in [2.75, 3.05) is 5.32 Å². The average Bonchev–Trinajstić information content (AvgIpc) is 3.11. The maximum absolute atomic E-state index is 12.9. The molecule has 30 heavy (non-hydrogen) atoms. The van der Waals surface area contributed by atoms with Crippen molar-refractivity contribution in [2.24, 2.45) is 14.1 Å². The van der Waals surface area contributed by atoms with Crippen molar-refractivity contribution >= 4 is 34.2 Å². The van der Waals surface area contributed by atoms with Gasteiger partial charge in [-0.15, -0.1) is 0 Å². The number of halogens is 1. The number of nitrogens with one attached hydrogen (secondary N) is 1. The van der Waals surface area contributed by atoms with Crippen LogP contribution >= 0.6 is 11.6 Å². The summed E-state index contributed by atoms with van der Waals surface area (Å²) in [4.78, 5) is 25.1. The van der Waals surface area contributed by atoms with E-state index in [-0.39, 0.29) is 11.6 Å². The van der Waals surface area contributed by atoms with Crippen molar-refractivity contribution in [1.82, 2.24) is 18.9 Å². The van der Waals surface area contributed by atoms with Gasteiger partial charge in [0.2, 0.25) is 0 Å². The molecule has 0 saturated heterocycles. The standard InChI is InChI=1S/C22H22ClN5O2/c1-13-5-7-15(8-6-13)12-28-20(23)19(14(2)25-28)21(29)24-16-9-10-17-18(11-16)27(4)22(30)26(17)3/h5-11H,12H2,1-4H3,(H,24,29). The van der Waals surface area contributed by atoms with Gasteiger partial charge in [-0.3, -0.25) is 13.9 Å². The molecule has 8 heteroatoms. The van der Waals surface area contributed by atoms with Gasteiger partial charge in [-0.05, 0) is 37.6 Å². The van der Waals surface area contributed by atoms with Crippen molar-refractivity contribution in [3.05, 3.63) is 80.5 Å². The molecule has 0 fully saturated rings. The molecule has 2 heterocycles. The van der Waals surface area contributed by atoms with Crippen LogP contribution in [0.3, 0.4) is 0 Å². The van der Waals surface area contributed by atoms with Gasteiger partial charge in [0, 0.05) is 19.8 Å². The third-order valence-electron chi connectivity index (χ3n) is 5.28. The number of nitrogens with zero attached hydrogens (tertiary/aromatic N) is 4. The van der Waals surface area contributed by atoms with Gasteiger partial charge in [-0.1, -0.05) is 41.4 Å². The Morgan fingerprint density at radius 3 is 2.40 bits per heavy atom. The fraction of sp³-hybridized carbons (Fsp3) is 0.227. The molecule has 0 aliphatic carbocycles.